The number of aryl methyl sites for hydroxylation is 1. The molecule has 0 radical (unpaired) electrons. The van der Waals surface area contributed by atoms with Gasteiger partial charge in [-0.3, -0.25) is 0 Å². The van der Waals surface area contributed by atoms with Gasteiger partial charge in [0.2, 0.25) is 0 Å². The molecule has 1 aromatic rings. The predicted octanol–water partition coefficient (Wildman–Crippen LogP) is 2.65. The molecule has 1 heterocycles. The molecular formula is C13H18OS. The summed E-state index contributed by atoms with van der Waals surface area (Å²) in [5, 5.41) is 10.1. The van der Waals surface area contributed by atoms with Gasteiger partial charge in [-0.1, -0.05) is 29.8 Å². The molecule has 0 spiro atoms. The van der Waals surface area contributed by atoms with Crippen molar-refractivity contribution in [3.63, 3.8) is 0 Å². The van der Waals surface area contributed by atoms with E-state index in [1.807, 2.05) is 11.8 Å². The molecule has 0 saturated carbocycles. The molecule has 0 bridgehead atoms. The molecule has 2 atom stereocenters. The molecule has 1 N–H and O–H groups in total. The third kappa shape index (κ3) is 2.99. The lowest BCUT2D eigenvalue weighted by molar-refractivity contribution is 0.120. The summed E-state index contributed by atoms with van der Waals surface area (Å²) in [6, 6.07) is 8.45. The number of rotatable bonds is 3. The lowest BCUT2D eigenvalue weighted by Crippen LogP contribution is -2.22. The van der Waals surface area contributed by atoms with Gasteiger partial charge in [0.25, 0.3) is 0 Å². The molecule has 1 aliphatic heterocycles. The van der Waals surface area contributed by atoms with E-state index in [-0.39, 0.29) is 6.10 Å². The van der Waals surface area contributed by atoms with Crippen LogP contribution in [-0.2, 0) is 6.42 Å². The standard InChI is InChI=1S/C13H18OS/c1-10-3-2-4-11(7-10)8-13(14)12-5-6-15-9-12/h2-4,7,12-14H,5-6,8-9H2,1H3. The Labute approximate surface area is 95.9 Å². The van der Waals surface area contributed by atoms with Crippen molar-refractivity contribution in [1.82, 2.24) is 0 Å². The highest BCUT2D eigenvalue weighted by molar-refractivity contribution is 7.99. The first-order valence-corrected chi connectivity index (χ1v) is 6.72. The van der Waals surface area contributed by atoms with E-state index in [1.165, 1.54) is 23.3 Å². The summed E-state index contributed by atoms with van der Waals surface area (Å²) in [6.45, 7) is 2.10. The van der Waals surface area contributed by atoms with Crippen LogP contribution in [0, 0.1) is 12.8 Å². The third-order valence-corrected chi connectivity index (χ3v) is 4.22. The third-order valence-electron chi connectivity index (χ3n) is 3.04. The fourth-order valence-electron chi connectivity index (χ4n) is 2.10. The summed E-state index contributed by atoms with van der Waals surface area (Å²) in [5.41, 5.74) is 2.54. The number of benzene rings is 1. The van der Waals surface area contributed by atoms with Crippen molar-refractivity contribution in [2.24, 2.45) is 5.92 Å². The fraction of sp³-hybridized carbons (Fsp3) is 0.538. The van der Waals surface area contributed by atoms with Crippen LogP contribution in [0.15, 0.2) is 24.3 Å². The minimum Gasteiger partial charge on any atom is -0.392 e. The van der Waals surface area contributed by atoms with Crippen molar-refractivity contribution in [1.29, 1.82) is 0 Å². The second kappa shape index (κ2) is 5.04. The molecule has 15 heavy (non-hydrogen) atoms. The zero-order valence-corrected chi connectivity index (χ0v) is 9.96. The topological polar surface area (TPSA) is 20.2 Å². The van der Waals surface area contributed by atoms with Crippen LogP contribution in [0.4, 0.5) is 0 Å². The highest BCUT2D eigenvalue weighted by atomic mass is 32.2. The van der Waals surface area contributed by atoms with E-state index in [4.69, 9.17) is 0 Å². The zero-order chi connectivity index (χ0) is 10.7. The largest absolute Gasteiger partial charge is 0.392 e. The van der Waals surface area contributed by atoms with Crippen LogP contribution in [-0.4, -0.2) is 22.7 Å². The molecule has 1 saturated heterocycles. The van der Waals surface area contributed by atoms with Crippen molar-refractivity contribution in [3.8, 4) is 0 Å². The highest BCUT2D eigenvalue weighted by Crippen LogP contribution is 2.27. The Hall–Kier alpha value is -0.470. The van der Waals surface area contributed by atoms with E-state index in [0.29, 0.717) is 5.92 Å². The molecule has 82 valence electrons. The van der Waals surface area contributed by atoms with Crippen LogP contribution < -0.4 is 0 Å². The SMILES string of the molecule is Cc1cccc(CC(O)C2CCSC2)c1. The second-order valence-corrected chi connectivity index (χ2v) is 5.53. The molecular weight excluding hydrogens is 204 g/mol. The number of thioether (sulfide) groups is 1. The van der Waals surface area contributed by atoms with Gasteiger partial charge in [-0.15, -0.1) is 0 Å². The summed E-state index contributed by atoms with van der Waals surface area (Å²) in [4.78, 5) is 0. The van der Waals surface area contributed by atoms with Crippen LogP contribution in [0.5, 0.6) is 0 Å². The highest BCUT2D eigenvalue weighted by Gasteiger charge is 2.23. The molecule has 0 aromatic heterocycles. The van der Waals surface area contributed by atoms with Gasteiger partial charge in [0, 0.05) is 0 Å². The van der Waals surface area contributed by atoms with Crippen LogP contribution in [0.3, 0.4) is 0 Å². The van der Waals surface area contributed by atoms with E-state index in [2.05, 4.69) is 31.2 Å². The van der Waals surface area contributed by atoms with Gasteiger partial charge < -0.3 is 5.11 Å². The maximum atomic E-state index is 10.1. The van der Waals surface area contributed by atoms with Gasteiger partial charge in [0.15, 0.2) is 0 Å². The minimum atomic E-state index is -0.151. The smallest absolute Gasteiger partial charge is 0.0616 e. The van der Waals surface area contributed by atoms with Crippen molar-refractivity contribution >= 4 is 11.8 Å². The van der Waals surface area contributed by atoms with Gasteiger partial charge in [-0.05, 0) is 42.8 Å². The molecule has 2 unspecified atom stereocenters. The van der Waals surface area contributed by atoms with Gasteiger partial charge in [0.05, 0.1) is 6.10 Å². The van der Waals surface area contributed by atoms with Gasteiger partial charge in [-0.2, -0.15) is 11.8 Å². The Morgan fingerprint density at radius 1 is 1.53 bits per heavy atom. The maximum Gasteiger partial charge on any atom is 0.0616 e. The van der Waals surface area contributed by atoms with Crippen molar-refractivity contribution < 1.29 is 5.11 Å². The summed E-state index contributed by atoms with van der Waals surface area (Å²) in [6.07, 6.45) is 1.84. The average Bonchev–Trinajstić information content (AvgIpc) is 2.70. The summed E-state index contributed by atoms with van der Waals surface area (Å²) >= 11 is 1.96. The first-order valence-electron chi connectivity index (χ1n) is 5.57. The summed E-state index contributed by atoms with van der Waals surface area (Å²) in [5.74, 6) is 2.86. The lowest BCUT2D eigenvalue weighted by atomic mass is 9.95. The van der Waals surface area contributed by atoms with E-state index in [0.717, 1.165) is 12.2 Å². The Bertz CT molecular complexity index is 318. The van der Waals surface area contributed by atoms with Crippen LogP contribution >= 0.6 is 11.8 Å². The Balaban J connectivity index is 1.95. The van der Waals surface area contributed by atoms with Crippen molar-refractivity contribution in [3.05, 3.63) is 35.4 Å². The Kier molecular flexibility index (Phi) is 3.71. The summed E-state index contributed by atoms with van der Waals surface area (Å²) < 4.78 is 0. The lowest BCUT2D eigenvalue weighted by Gasteiger charge is -2.17. The van der Waals surface area contributed by atoms with Gasteiger partial charge >= 0.3 is 0 Å². The van der Waals surface area contributed by atoms with Crippen molar-refractivity contribution in [2.75, 3.05) is 11.5 Å². The molecule has 2 heteroatoms. The number of hydrogen-bond acceptors (Lipinski definition) is 2. The monoisotopic (exact) mass is 222 g/mol. The van der Waals surface area contributed by atoms with Crippen LogP contribution in [0.2, 0.25) is 0 Å². The zero-order valence-electron chi connectivity index (χ0n) is 9.15. The second-order valence-electron chi connectivity index (χ2n) is 4.38. The molecule has 1 nitrogen and oxygen atoms in total. The van der Waals surface area contributed by atoms with Crippen LogP contribution in [0.25, 0.3) is 0 Å². The minimum absolute atomic E-state index is 0.151. The van der Waals surface area contributed by atoms with Crippen molar-refractivity contribution in [2.45, 2.75) is 25.9 Å². The quantitative estimate of drug-likeness (QED) is 0.848. The molecule has 0 aliphatic carbocycles. The number of aliphatic hydroxyl groups is 1. The first kappa shape index (κ1) is 11.0. The maximum absolute atomic E-state index is 10.1. The van der Waals surface area contributed by atoms with Crippen LogP contribution in [0.1, 0.15) is 17.5 Å². The fourth-order valence-corrected chi connectivity index (χ4v) is 3.43. The molecule has 1 aromatic carbocycles. The first-order chi connectivity index (χ1) is 7.25. The van der Waals surface area contributed by atoms with E-state index >= 15 is 0 Å². The molecule has 2 rings (SSSR count). The predicted molar refractivity (Wildman–Crippen MR) is 66.3 cm³/mol. The molecule has 1 aliphatic rings. The number of hydrogen-bond donors (Lipinski definition) is 1. The number of aliphatic hydroxyl groups excluding tert-OH is 1. The van der Waals surface area contributed by atoms with E-state index < -0.39 is 0 Å². The van der Waals surface area contributed by atoms with E-state index in [9.17, 15) is 5.11 Å². The average molecular weight is 222 g/mol. The molecule has 1 fully saturated rings. The normalized spacial score (nSPS) is 22.9. The Morgan fingerprint density at radius 3 is 3.07 bits per heavy atom. The molecule has 0 amide bonds. The van der Waals surface area contributed by atoms with Gasteiger partial charge in [0.1, 0.15) is 0 Å². The summed E-state index contributed by atoms with van der Waals surface area (Å²) in [7, 11) is 0. The van der Waals surface area contributed by atoms with E-state index in [1.54, 1.807) is 0 Å². The van der Waals surface area contributed by atoms with Gasteiger partial charge in [-0.25, -0.2) is 0 Å². The Morgan fingerprint density at radius 2 is 2.40 bits per heavy atom.